The molecule has 0 spiro atoms. The van der Waals surface area contributed by atoms with Crippen LogP contribution in [0, 0.1) is 0 Å². The molecule has 0 aromatic heterocycles. The average molecular weight is 393 g/mol. The summed E-state index contributed by atoms with van der Waals surface area (Å²) in [6, 6.07) is 26.3. The lowest BCUT2D eigenvalue weighted by Crippen LogP contribution is -2.42. The second kappa shape index (κ2) is 7.78. The van der Waals surface area contributed by atoms with Gasteiger partial charge in [-0.15, -0.1) is 0 Å². The Labute approximate surface area is 166 Å². The summed E-state index contributed by atoms with van der Waals surface area (Å²) in [7, 11) is -3.35. The summed E-state index contributed by atoms with van der Waals surface area (Å²) in [4.78, 5) is 0. The highest BCUT2D eigenvalue weighted by Gasteiger charge is 2.30. The van der Waals surface area contributed by atoms with Crippen molar-refractivity contribution in [3.63, 3.8) is 0 Å². The SMILES string of the molecule is CS(=O)(=O)N1Cc2cc(-c3ccccc3)ccc2NC[C@H]1Cc1ccccc1. The van der Waals surface area contributed by atoms with Gasteiger partial charge in [0.25, 0.3) is 0 Å². The molecule has 1 aliphatic heterocycles. The van der Waals surface area contributed by atoms with Crippen LogP contribution >= 0.6 is 0 Å². The van der Waals surface area contributed by atoms with E-state index >= 15 is 0 Å². The van der Waals surface area contributed by atoms with E-state index in [9.17, 15) is 8.42 Å². The Morgan fingerprint density at radius 3 is 2.29 bits per heavy atom. The van der Waals surface area contributed by atoms with Gasteiger partial charge in [0.1, 0.15) is 0 Å². The molecule has 4 nitrogen and oxygen atoms in total. The Balaban J connectivity index is 1.68. The van der Waals surface area contributed by atoms with Crippen LogP contribution in [0.3, 0.4) is 0 Å². The van der Waals surface area contributed by atoms with Gasteiger partial charge in [0.2, 0.25) is 10.0 Å². The molecule has 1 N–H and O–H groups in total. The standard InChI is InChI=1S/C23H24N2O2S/c1-28(26,27)25-17-21-15-20(19-10-6-3-7-11-19)12-13-23(21)24-16-22(25)14-18-8-4-2-5-9-18/h2-13,15,22,24H,14,16-17H2,1H3/t22-/m1/s1. The molecule has 1 aliphatic rings. The third-order valence-electron chi connectivity index (χ3n) is 5.21. The minimum absolute atomic E-state index is 0.134. The third-order valence-corrected chi connectivity index (χ3v) is 6.49. The number of hydrogen-bond donors (Lipinski definition) is 1. The van der Waals surface area contributed by atoms with Crippen LogP contribution in [0.15, 0.2) is 78.9 Å². The maximum absolute atomic E-state index is 12.6. The summed E-state index contributed by atoms with van der Waals surface area (Å²) in [5.74, 6) is 0. The lowest BCUT2D eigenvalue weighted by molar-refractivity contribution is 0.328. The normalized spacial score (nSPS) is 17.4. The monoisotopic (exact) mass is 392 g/mol. The predicted molar refractivity (Wildman–Crippen MR) is 115 cm³/mol. The second-order valence-corrected chi connectivity index (χ2v) is 9.21. The topological polar surface area (TPSA) is 49.4 Å². The molecule has 0 bridgehead atoms. The van der Waals surface area contributed by atoms with Crippen LogP contribution in [0.5, 0.6) is 0 Å². The minimum atomic E-state index is -3.35. The predicted octanol–water partition coefficient (Wildman–Crippen LogP) is 4.15. The molecule has 3 aromatic carbocycles. The number of rotatable bonds is 4. The van der Waals surface area contributed by atoms with Crippen LogP contribution in [-0.4, -0.2) is 31.6 Å². The van der Waals surface area contributed by atoms with Gasteiger partial charge in [-0.2, -0.15) is 4.31 Å². The minimum Gasteiger partial charge on any atom is -0.383 e. The van der Waals surface area contributed by atoms with Gasteiger partial charge in [-0.3, -0.25) is 0 Å². The molecule has 0 aliphatic carbocycles. The summed E-state index contributed by atoms with van der Waals surface area (Å²) >= 11 is 0. The van der Waals surface area contributed by atoms with Gasteiger partial charge in [-0.25, -0.2) is 8.42 Å². The van der Waals surface area contributed by atoms with Crippen molar-refractivity contribution in [1.29, 1.82) is 0 Å². The first-order chi connectivity index (χ1) is 13.5. The molecule has 28 heavy (non-hydrogen) atoms. The van der Waals surface area contributed by atoms with Gasteiger partial charge in [0, 0.05) is 24.8 Å². The largest absolute Gasteiger partial charge is 0.383 e. The van der Waals surface area contributed by atoms with Gasteiger partial charge in [-0.1, -0.05) is 66.7 Å². The summed E-state index contributed by atoms with van der Waals surface area (Å²) in [5.41, 5.74) is 5.36. The zero-order valence-corrected chi connectivity index (χ0v) is 16.7. The quantitative estimate of drug-likeness (QED) is 0.726. The smallest absolute Gasteiger partial charge is 0.211 e. The van der Waals surface area contributed by atoms with Crippen LogP contribution in [0.2, 0.25) is 0 Å². The Morgan fingerprint density at radius 2 is 1.61 bits per heavy atom. The van der Waals surface area contributed by atoms with Crippen LogP contribution in [-0.2, 0) is 23.0 Å². The number of sulfonamides is 1. The maximum Gasteiger partial charge on any atom is 0.211 e. The van der Waals surface area contributed by atoms with E-state index in [4.69, 9.17) is 0 Å². The second-order valence-electron chi connectivity index (χ2n) is 7.27. The fourth-order valence-electron chi connectivity index (χ4n) is 3.78. The van der Waals surface area contributed by atoms with Gasteiger partial charge in [0.15, 0.2) is 0 Å². The Bertz CT molecular complexity index is 1050. The lowest BCUT2D eigenvalue weighted by Gasteiger charge is -2.27. The molecule has 1 atom stereocenters. The highest BCUT2D eigenvalue weighted by molar-refractivity contribution is 7.88. The molecule has 0 fully saturated rings. The number of benzene rings is 3. The molecule has 0 radical (unpaired) electrons. The van der Waals surface area contributed by atoms with Crippen molar-refractivity contribution in [1.82, 2.24) is 4.31 Å². The van der Waals surface area contributed by atoms with Gasteiger partial charge in [-0.05, 0) is 40.8 Å². The van der Waals surface area contributed by atoms with E-state index in [2.05, 4.69) is 35.6 Å². The van der Waals surface area contributed by atoms with Crippen molar-refractivity contribution in [2.75, 3.05) is 18.1 Å². The van der Waals surface area contributed by atoms with Crippen molar-refractivity contribution < 1.29 is 8.42 Å². The maximum atomic E-state index is 12.6. The van der Waals surface area contributed by atoms with Crippen LogP contribution < -0.4 is 5.32 Å². The van der Waals surface area contributed by atoms with Gasteiger partial charge >= 0.3 is 0 Å². The van der Waals surface area contributed by atoms with Crippen molar-refractivity contribution in [2.45, 2.75) is 19.0 Å². The van der Waals surface area contributed by atoms with E-state index in [1.807, 2.05) is 48.5 Å². The number of fused-ring (bicyclic) bond motifs is 1. The Hall–Kier alpha value is -2.63. The summed E-state index contributed by atoms with van der Waals surface area (Å²) in [6.45, 7) is 0.957. The molecule has 4 rings (SSSR count). The summed E-state index contributed by atoms with van der Waals surface area (Å²) in [6.07, 6.45) is 1.98. The first-order valence-corrected chi connectivity index (χ1v) is 11.3. The van der Waals surface area contributed by atoms with Crippen molar-refractivity contribution in [3.8, 4) is 11.1 Å². The van der Waals surface area contributed by atoms with E-state index in [1.165, 1.54) is 6.26 Å². The first-order valence-electron chi connectivity index (χ1n) is 9.44. The van der Waals surface area contributed by atoms with Crippen molar-refractivity contribution in [2.24, 2.45) is 0 Å². The van der Waals surface area contributed by atoms with E-state index in [0.717, 1.165) is 27.9 Å². The molecule has 0 saturated heterocycles. The van der Waals surface area contributed by atoms with Crippen molar-refractivity contribution in [3.05, 3.63) is 90.0 Å². The lowest BCUT2D eigenvalue weighted by atomic mass is 10.0. The van der Waals surface area contributed by atoms with Gasteiger partial charge < -0.3 is 5.32 Å². The van der Waals surface area contributed by atoms with Crippen LogP contribution in [0.4, 0.5) is 5.69 Å². The zero-order chi connectivity index (χ0) is 19.6. The van der Waals surface area contributed by atoms with E-state index in [0.29, 0.717) is 19.5 Å². The number of anilines is 1. The number of nitrogens with zero attached hydrogens (tertiary/aromatic N) is 1. The molecule has 0 unspecified atom stereocenters. The van der Waals surface area contributed by atoms with Crippen LogP contribution in [0.1, 0.15) is 11.1 Å². The van der Waals surface area contributed by atoms with Gasteiger partial charge in [0.05, 0.1) is 6.26 Å². The molecule has 0 saturated carbocycles. The molecular weight excluding hydrogens is 368 g/mol. The average Bonchev–Trinajstić information content (AvgIpc) is 2.89. The third kappa shape index (κ3) is 4.11. The molecule has 1 heterocycles. The first kappa shape index (κ1) is 18.7. The van der Waals surface area contributed by atoms with E-state index in [1.54, 1.807) is 4.31 Å². The zero-order valence-electron chi connectivity index (χ0n) is 15.9. The highest BCUT2D eigenvalue weighted by Crippen LogP contribution is 2.30. The molecule has 3 aromatic rings. The summed E-state index contributed by atoms with van der Waals surface area (Å²) in [5, 5.41) is 3.47. The number of hydrogen-bond acceptors (Lipinski definition) is 3. The Morgan fingerprint density at radius 1 is 0.929 bits per heavy atom. The molecule has 144 valence electrons. The fraction of sp³-hybridized carbons (Fsp3) is 0.217. The van der Waals surface area contributed by atoms with E-state index < -0.39 is 10.0 Å². The van der Waals surface area contributed by atoms with Crippen LogP contribution in [0.25, 0.3) is 11.1 Å². The fourth-order valence-corrected chi connectivity index (χ4v) is 4.85. The van der Waals surface area contributed by atoms with Crippen molar-refractivity contribution >= 4 is 15.7 Å². The number of nitrogens with one attached hydrogen (secondary N) is 1. The van der Waals surface area contributed by atoms with E-state index in [-0.39, 0.29) is 6.04 Å². The highest BCUT2D eigenvalue weighted by atomic mass is 32.2. The molecular formula is C23H24N2O2S. The molecule has 0 amide bonds. The summed E-state index contributed by atoms with van der Waals surface area (Å²) < 4.78 is 26.8. The molecule has 5 heteroatoms. The Kier molecular flexibility index (Phi) is 5.20.